The van der Waals surface area contributed by atoms with Gasteiger partial charge in [0, 0.05) is 16.5 Å². The lowest BCUT2D eigenvalue weighted by Gasteiger charge is -2.24. The maximum Gasteiger partial charge on any atom is 0.408 e. The van der Waals surface area contributed by atoms with Crippen LogP contribution >= 0.6 is 15.9 Å². The number of hydrogen-bond donors (Lipinski definition) is 5. The number of aromatic hydroxyl groups is 1. The number of aliphatic hydroxyl groups is 1. The van der Waals surface area contributed by atoms with E-state index in [0.29, 0.717) is 16.9 Å². The van der Waals surface area contributed by atoms with Crippen molar-refractivity contribution in [1.82, 2.24) is 16.1 Å². The number of carbonyl (C=O) groups excluding carboxylic acids is 3. The highest BCUT2D eigenvalue weighted by Crippen LogP contribution is 2.22. The first-order chi connectivity index (χ1) is 18.4. The molecule has 39 heavy (non-hydrogen) atoms. The largest absolute Gasteiger partial charge is 0.508 e. The summed E-state index contributed by atoms with van der Waals surface area (Å²) < 4.78 is 11.5. The smallest absolute Gasteiger partial charge is 0.408 e. The molecule has 2 rings (SSSR count). The lowest BCUT2D eigenvalue weighted by molar-refractivity contribution is -0.130. The summed E-state index contributed by atoms with van der Waals surface area (Å²) in [5, 5.41) is 28.1. The van der Waals surface area contributed by atoms with E-state index in [-0.39, 0.29) is 18.8 Å². The molecule has 0 unspecified atom stereocenters. The summed E-state index contributed by atoms with van der Waals surface area (Å²) in [6, 6.07) is 8.84. The number of phenolic OH excluding ortho intramolecular Hbond substituents is 1. The molecule has 2 aromatic carbocycles. The van der Waals surface area contributed by atoms with Crippen LogP contribution in [0.1, 0.15) is 31.9 Å². The first-order valence-corrected chi connectivity index (χ1v) is 12.8. The SMILES string of the molecule is C=CCOc1ccc(Br)cc1/C=N\NC(=O)[C@H](Cc1ccc(O)cc1)NC(=O)[C@H](CO)NC(=O)OC(C)(C)C. The molecule has 210 valence electrons. The van der Waals surface area contributed by atoms with Gasteiger partial charge in [-0.25, -0.2) is 10.2 Å². The summed E-state index contributed by atoms with van der Waals surface area (Å²) in [6.07, 6.45) is 2.12. The first kappa shape index (κ1) is 31.3. The van der Waals surface area contributed by atoms with Crippen molar-refractivity contribution < 1.29 is 34.1 Å². The molecule has 0 aliphatic rings. The molecule has 0 saturated carbocycles. The number of carbonyl (C=O) groups is 3. The van der Waals surface area contributed by atoms with Gasteiger partial charge >= 0.3 is 6.09 Å². The van der Waals surface area contributed by atoms with Gasteiger partial charge in [-0.05, 0) is 56.7 Å². The van der Waals surface area contributed by atoms with Crippen molar-refractivity contribution >= 4 is 40.1 Å². The molecule has 0 spiro atoms. The van der Waals surface area contributed by atoms with E-state index in [1.807, 2.05) is 0 Å². The predicted molar refractivity (Wildman–Crippen MR) is 150 cm³/mol. The van der Waals surface area contributed by atoms with Gasteiger partial charge in [-0.2, -0.15) is 5.10 Å². The van der Waals surface area contributed by atoms with Gasteiger partial charge in [0.25, 0.3) is 5.91 Å². The number of nitrogens with zero attached hydrogens (tertiary/aromatic N) is 1. The molecule has 5 N–H and O–H groups in total. The van der Waals surface area contributed by atoms with Gasteiger partial charge < -0.3 is 30.3 Å². The lowest BCUT2D eigenvalue weighted by atomic mass is 10.0. The van der Waals surface area contributed by atoms with E-state index in [0.717, 1.165) is 4.47 Å². The highest BCUT2D eigenvalue weighted by molar-refractivity contribution is 9.10. The Morgan fingerprint density at radius 2 is 1.77 bits per heavy atom. The summed E-state index contributed by atoms with van der Waals surface area (Å²) >= 11 is 3.38. The molecule has 0 heterocycles. The van der Waals surface area contributed by atoms with Crippen molar-refractivity contribution in [1.29, 1.82) is 0 Å². The topological polar surface area (TPSA) is 159 Å². The van der Waals surface area contributed by atoms with Crippen LogP contribution in [0.2, 0.25) is 0 Å². The van der Waals surface area contributed by atoms with E-state index in [1.165, 1.54) is 18.3 Å². The zero-order valence-electron chi connectivity index (χ0n) is 21.9. The van der Waals surface area contributed by atoms with E-state index < -0.39 is 42.2 Å². The van der Waals surface area contributed by atoms with E-state index in [2.05, 4.69) is 43.7 Å². The fourth-order valence-corrected chi connectivity index (χ4v) is 3.52. The number of rotatable bonds is 12. The minimum Gasteiger partial charge on any atom is -0.508 e. The Balaban J connectivity index is 2.19. The number of ether oxygens (including phenoxy) is 2. The third-order valence-electron chi connectivity index (χ3n) is 4.91. The van der Waals surface area contributed by atoms with Crippen LogP contribution in [0.5, 0.6) is 11.5 Å². The molecule has 0 saturated heterocycles. The summed E-state index contributed by atoms with van der Waals surface area (Å²) in [7, 11) is 0. The van der Waals surface area contributed by atoms with Crippen LogP contribution in [-0.4, -0.2) is 65.2 Å². The van der Waals surface area contributed by atoms with E-state index >= 15 is 0 Å². The van der Waals surface area contributed by atoms with Crippen molar-refractivity contribution in [2.75, 3.05) is 13.2 Å². The number of hydrogen-bond acceptors (Lipinski definition) is 8. The van der Waals surface area contributed by atoms with Gasteiger partial charge in [-0.1, -0.05) is 40.7 Å². The first-order valence-electron chi connectivity index (χ1n) is 12.0. The number of nitrogens with one attached hydrogen (secondary N) is 3. The van der Waals surface area contributed by atoms with Crippen LogP contribution in [0.4, 0.5) is 4.79 Å². The van der Waals surface area contributed by atoms with Gasteiger partial charge in [0.1, 0.15) is 35.8 Å². The number of aliphatic hydroxyl groups excluding tert-OH is 1. The molecule has 0 aliphatic carbocycles. The van der Waals surface area contributed by atoms with Gasteiger partial charge in [0.05, 0.1) is 12.8 Å². The molecular formula is C27H33BrN4O7. The normalized spacial score (nSPS) is 12.7. The van der Waals surface area contributed by atoms with Crippen LogP contribution in [0.25, 0.3) is 0 Å². The fraction of sp³-hybridized carbons (Fsp3) is 0.333. The molecule has 12 heteroatoms. The number of amides is 3. The van der Waals surface area contributed by atoms with Crippen LogP contribution in [0.15, 0.2) is 64.7 Å². The zero-order chi connectivity index (χ0) is 29.0. The van der Waals surface area contributed by atoms with Crippen molar-refractivity contribution in [3.05, 3.63) is 70.7 Å². The summed E-state index contributed by atoms with van der Waals surface area (Å²) in [5.74, 6) is -0.911. The zero-order valence-corrected chi connectivity index (χ0v) is 23.5. The molecule has 0 bridgehead atoms. The Morgan fingerprint density at radius 1 is 1.08 bits per heavy atom. The van der Waals surface area contributed by atoms with Gasteiger partial charge in [0.15, 0.2) is 0 Å². The summed E-state index contributed by atoms with van der Waals surface area (Å²) in [4.78, 5) is 38.1. The van der Waals surface area contributed by atoms with E-state index in [4.69, 9.17) is 9.47 Å². The van der Waals surface area contributed by atoms with Gasteiger partial charge in [-0.15, -0.1) is 0 Å². The number of benzene rings is 2. The number of phenols is 1. The third-order valence-corrected chi connectivity index (χ3v) is 5.40. The lowest BCUT2D eigenvalue weighted by Crippen LogP contribution is -2.55. The molecule has 0 radical (unpaired) electrons. The monoisotopic (exact) mass is 604 g/mol. The minimum absolute atomic E-state index is 0.0303. The maximum atomic E-state index is 13.1. The van der Waals surface area contributed by atoms with Crippen molar-refractivity contribution in [2.45, 2.75) is 44.9 Å². The second-order valence-corrected chi connectivity index (χ2v) is 10.2. The highest BCUT2D eigenvalue weighted by atomic mass is 79.9. The molecule has 3 amide bonds. The van der Waals surface area contributed by atoms with Crippen molar-refractivity contribution in [3.63, 3.8) is 0 Å². The van der Waals surface area contributed by atoms with Crippen LogP contribution in [0.3, 0.4) is 0 Å². The van der Waals surface area contributed by atoms with Crippen molar-refractivity contribution in [3.8, 4) is 11.5 Å². The maximum absolute atomic E-state index is 13.1. The Hall–Kier alpha value is -3.90. The summed E-state index contributed by atoms with van der Waals surface area (Å²) in [6.45, 7) is 8.13. The fourth-order valence-electron chi connectivity index (χ4n) is 3.14. The Bertz CT molecular complexity index is 1180. The molecule has 2 atom stereocenters. The Kier molecular flexibility index (Phi) is 12.0. The van der Waals surface area contributed by atoms with Crippen LogP contribution < -0.4 is 20.8 Å². The van der Waals surface area contributed by atoms with Crippen LogP contribution in [0, 0.1) is 0 Å². The minimum atomic E-state index is -1.37. The molecule has 11 nitrogen and oxygen atoms in total. The standard InChI is InChI=1S/C27H33BrN4O7/c1-5-12-38-23-11-8-19(28)14-18(23)15-29-32-25(36)21(13-17-6-9-20(34)10-7-17)30-24(35)22(16-33)31-26(37)39-27(2,3)4/h5-11,14-15,21-22,33-34H,1,12-13,16H2,2-4H3,(H,30,35)(H,31,37)(H,32,36)/b29-15-/t21-,22-/m0/s1. The second-order valence-electron chi connectivity index (χ2n) is 9.33. The quantitative estimate of drug-likeness (QED) is 0.141. The number of alkyl carbamates (subject to hydrolysis) is 1. The predicted octanol–water partition coefficient (Wildman–Crippen LogP) is 2.78. The second kappa shape index (κ2) is 14.9. The third kappa shape index (κ3) is 11.2. The summed E-state index contributed by atoms with van der Waals surface area (Å²) in [5.41, 5.74) is 2.79. The van der Waals surface area contributed by atoms with Crippen molar-refractivity contribution in [2.24, 2.45) is 5.10 Å². The van der Waals surface area contributed by atoms with Gasteiger partial charge in [0.2, 0.25) is 5.91 Å². The highest BCUT2D eigenvalue weighted by Gasteiger charge is 2.28. The average Bonchev–Trinajstić information content (AvgIpc) is 2.86. The Morgan fingerprint density at radius 3 is 2.38 bits per heavy atom. The van der Waals surface area contributed by atoms with Gasteiger partial charge in [-0.3, -0.25) is 9.59 Å². The number of halogens is 1. The molecule has 2 aromatic rings. The molecular weight excluding hydrogens is 572 g/mol. The molecule has 0 fully saturated rings. The molecule has 0 aliphatic heterocycles. The van der Waals surface area contributed by atoms with E-state index in [9.17, 15) is 24.6 Å². The van der Waals surface area contributed by atoms with Crippen LogP contribution in [-0.2, 0) is 20.7 Å². The van der Waals surface area contributed by atoms with E-state index in [1.54, 1.807) is 57.2 Å². The molecule has 0 aromatic heterocycles. The Labute approximate surface area is 235 Å². The number of hydrazone groups is 1. The average molecular weight is 605 g/mol.